The number of rotatable bonds is 6. The monoisotopic (exact) mass is 430 g/mol. The van der Waals surface area contributed by atoms with Gasteiger partial charge in [0.1, 0.15) is 5.75 Å². The first kappa shape index (κ1) is 19.4. The van der Waals surface area contributed by atoms with E-state index in [1.54, 1.807) is 19.2 Å². The fourth-order valence-corrected chi connectivity index (χ4v) is 3.63. The zero-order valence-corrected chi connectivity index (χ0v) is 16.9. The molecule has 0 radical (unpaired) electrons. The summed E-state index contributed by atoms with van der Waals surface area (Å²) < 4.78 is 6.13. The smallest absolute Gasteiger partial charge is 0.251 e. The van der Waals surface area contributed by atoms with Gasteiger partial charge in [0.05, 0.1) is 13.2 Å². The molecule has 0 bridgehead atoms. The van der Waals surface area contributed by atoms with Crippen LogP contribution in [0.2, 0.25) is 0 Å². The molecule has 1 aliphatic heterocycles. The Morgan fingerprint density at radius 2 is 1.85 bits per heavy atom. The third kappa shape index (κ3) is 4.89. The van der Waals surface area contributed by atoms with Crippen molar-refractivity contribution in [3.05, 3.63) is 64.1 Å². The van der Waals surface area contributed by atoms with E-state index in [-0.39, 0.29) is 17.9 Å². The Kier molecular flexibility index (Phi) is 6.50. The second-order valence-corrected chi connectivity index (χ2v) is 7.45. The molecule has 142 valence electrons. The number of hydrogen-bond donors (Lipinski definition) is 1. The first-order valence-corrected chi connectivity index (χ1v) is 9.85. The molecule has 1 unspecified atom stereocenters. The number of likely N-dealkylation sites (tertiary alicyclic amines) is 1. The lowest BCUT2D eigenvalue weighted by molar-refractivity contribution is -0.132. The lowest BCUT2D eigenvalue weighted by Gasteiger charge is -2.25. The topological polar surface area (TPSA) is 58.6 Å². The summed E-state index contributed by atoms with van der Waals surface area (Å²) in [6.45, 7) is 1.09. The molecule has 0 saturated carbocycles. The van der Waals surface area contributed by atoms with Crippen molar-refractivity contribution in [2.75, 3.05) is 20.2 Å². The van der Waals surface area contributed by atoms with Crippen molar-refractivity contribution in [3.63, 3.8) is 0 Å². The third-order valence-corrected chi connectivity index (χ3v) is 5.33. The number of amides is 2. The van der Waals surface area contributed by atoms with Gasteiger partial charge in [0.25, 0.3) is 5.91 Å². The molecular weight excluding hydrogens is 408 g/mol. The van der Waals surface area contributed by atoms with Gasteiger partial charge in [-0.1, -0.05) is 28.1 Å². The van der Waals surface area contributed by atoms with Crippen molar-refractivity contribution >= 4 is 27.7 Å². The van der Waals surface area contributed by atoms with Gasteiger partial charge < -0.3 is 15.0 Å². The average molecular weight is 431 g/mol. The Labute approximate surface area is 167 Å². The average Bonchev–Trinajstić information content (AvgIpc) is 3.18. The molecule has 27 heavy (non-hydrogen) atoms. The number of carbonyl (C=O) groups excluding carboxylic acids is 2. The van der Waals surface area contributed by atoms with E-state index in [2.05, 4.69) is 21.2 Å². The number of benzene rings is 2. The van der Waals surface area contributed by atoms with Crippen molar-refractivity contribution in [2.45, 2.75) is 25.3 Å². The molecular formula is C21H23BrN2O3. The maximum absolute atomic E-state index is 12.7. The van der Waals surface area contributed by atoms with Crippen LogP contribution in [0.3, 0.4) is 0 Å². The summed E-state index contributed by atoms with van der Waals surface area (Å²) in [4.78, 5) is 26.7. The number of ether oxygens (including phenoxy) is 1. The number of nitrogens with zero attached hydrogens (tertiary/aromatic N) is 1. The SMILES string of the molecule is COc1ccc(C2CCCN2C(=O)CCNC(=O)c2ccc(Br)cc2)cc1. The summed E-state index contributed by atoms with van der Waals surface area (Å²) in [5, 5.41) is 2.82. The fourth-order valence-electron chi connectivity index (χ4n) is 3.37. The Hall–Kier alpha value is -2.34. The van der Waals surface area contributed by atoms with Crippen LogP contribution in [0, 0.1) is 0 Å². The molecule has 1 atom stereocenters. The highest BCUT2D eigenvalue weighted by Crippen LogP contribution is 2.33. The predicted octanol–water partition coefficient (Wildman–Crippen LogP) is 3.94. The van der Waals surface area contributed by atoms with E-state index >= 15 is 0 Å². The first-order valence-electron chi connectivity index (χ1n) is 9.05. The lowest BCUT2D eigenvalue weighted by atomic mass is 10.0. The van der Waals surface area contributed by atoms with Gasteiger partial charge in [0.2, 0.25) is 5.91 Å². The number of halogens is 1. The van der Waals surface area contributed by atoms with Gasteiger partial charge in [-0.3, -0.25) is 9.59 Å². The van der Waals surface area contributed by atoms with Crippen LogP contribution in [0.5, 0.6) is 5.75 Å². The maximum atomic E-state index is 12.7. The standard InChI is InChI=1S/C21H23BrN2O3/c1-27-18-10-6-15(7-11-18)19-3-2-14-24(19)20(25)12-13-23-21(26)16-4-8-17(22)9-5-16/h4-11,19H,2-3,12-14H2,1H3,(H,23,26). The molecule has 6 heteroatoms. The molecule has 0 aliphatic carbocycles. The Balaban J connectivity index is 1.53. The summed E-state index contributed by atoms with van der Waals surface area (Å²) in [5.41, 5.74) is 1.71. The van der Waals surface area contributed by atoms with Crippen LogP contribution < -0.4 is 10.1 Å². The van der Waals surface area contributed by atoms with Crippen LogP contribution in [0.25, 0.3) is 0 Å². The van der Waals surface area contributed by atoms with E-state index < -0.39 is 0 Å². The number of carbonyl (C=O) groups is 2. The zero-order chi connectivity index (χ0) is 19.2. The summed E-state index contributed by atoms with van der Waals surface area (Å²) in [6, 6.07) is 15.1. The Morgan fingerprint density at radius 3 is 2.52 bits per heavy atom. The highest BCUT2D eigenvalue weighted by molar-refractivity contribution is 9.10. The quantitative estimate of drug-likeness (QED) is 0.754. The summed E-state index contributed by atoms with van der Waals surface area (Å²) in [5.74, 6) is 0.720. The van der Waals surface area contributed by atoms with E-state index in [0.717, 1.165) is 35.2 Å². The van der Waals surface area contributed by atoms with Crippen LogP contribution >= 0.6 is 15.9 Å². The van der Waals surface area contributed by atoms with Crippen molar-refractivity contribution in [2.24, 2.45) is 0 Å². The van der Waals surface area contributed by atoms with Crippen molar-refractivity contribution in [1.29, 1.82) is 0 Å². The van der Waals surface area contributed by atoms with Gasteiger partial charge in [-0.25, -0.2) is 0 Å². The highest BCUT2D eigenvalue weighted by atomic mass is 79.9. The van der Waals surface area contributed by atoms with Crippen LogP contribution in [-0.4, -0.2) is 36.9 Å². The van der Waals surface area contributed by atoms with Gasteiger partial charge in [0, 0.05) is 29.5 Å². The molecule has 5 nitrogen and oxygen atoms in total. The summed E-state index contributed by atoms with van der Waals surface area (Å²) in [6.07, 6.45) is 2.26. The molecule has 1 fully saturated rings. The number of nitrogens with one attached hydrogen (secondary N) is 1. The molecule has 1 heterocycles. The minimum atomic E-state index is -0.163. The van der Waals surface area contributed by atoms with Gasteiger partial charge in [-0.05, 0) is 54.8 Å². The van der Waals surface area contributed by atoms with Crippen molar-refractivity contribution in [3.8, 4) is 5.75 Å². The summed E-state index contributed by atoms with van der Waals surface area (Å²) in [7, 11) is 1.64. The van der Waals surface area contributed by atoms with Crippen LogP contribution in [-0.2, 0) is 4.79 Å². The van der Waals surface area contributed by atoms with Crippen LogP contribution in [0.15, 0.2) is 53.0 Å². The van der Waals surface area contributed by atoms with Crippen molar-refractivity contribution in [1.82, 2.24) is 10.2 Å². The molecule has 2 aromatic rings. The normalized spacial score (nSPS) is 16.2. The molecule has 0 spiro atoms. The fraction of sp³-hybridized carbons (Fsp3) is 0.333. The van der Waals surface area contributed by atoms with Crippen LogP contribution in [0.1, 0.15) is 41.2 Å². The van der Waals surface area contributed by atoms with E-state index in [1.807, 2.05) is 41.3 Å². The summed E-state index contributed by atoms with van der Waals surface area (Å²) >= 11 is 3.35. The molecule has 1 aliphatic rings. The number of methoxy groups -OCH3 is 1. The van der Waals surface area contributed by atoms with Gasteiger partial charge in [-0.2, -0.15) is 0 Å². The van der Waals surface area contributed by atoms with E-state index in [4.69, 9.17) is 4.74 Å². The lowest BCUT2D eigenvalue weighted by Crippen LogP contribution is -2.34. The molecule has 3 rings (SSSR count). The minimum absolute atomic E-state index is 0.0735. The Bertz CT molecular complexity index is 790. The van der Waals surface area contributed by atoms with E-state index in [1.165, 1.54) is 0 Å². The highest BCUT2D eigenvalue weighted by Gasteiger charge is 2.29. The van der Waals surface area contributed by atoms with Gasteiger partial charge >= 0.3 is 0 Å². The van der Waals surface area contributed by atoms with Gasteiger partial charge in [0.15, 0.2) is 0 Å². The second kappa shape index (κ2) is 9.04. The van der Waals surface area contributed by atoms with Gasteiger partial charge in [-0.15, -0.1) is 0 Å². The predicted molar refractivity (Wildman–Crippen MR) is 108 cm³/mol. The zero-order valence-electron chi connectivity index (χ0n) is 15.3. The van der Waals surface area contributed by atoms with E-state index in [0.29, 0.717) is 18.5 Å². The first-order chi connectivity index (χ1) is 13.1. The molecule has 1 saturated heterocycles. The van der Waals surface area contributed by atoms with E-state index in [9.17, 15) is 9.59 Å². The minimum Gasteiger partial charge on any atom is -0.497 e. The third-order valence-electron chi connectivity index (χ3n) is 4.80. The second-order valence-electron chi connectivity index (χ2n) is 6.53. The van der Waals surface area contributed by atoms with Crippen molar-refractivity contribution < 1.29 is 14.3 Å². The Morgan fingerprint density at radius 1 is 1.15 bits per heavy atom. The molecule has 0 aromatic heterocycles. The number of hydrogen-bond acceptors (Lipinski definition) is 3. The molecule has 2 amide bonds. The van der Waals surface area contributed by atoms with Crippen LogP contribution in [0.4, 0.5) is 0 Å². The largest absolute Gasteiger partial charge is 0.497 e. The molecule has 2 aromatic carbocycles. The maximum Gasteiger partial charge on any atom is 0.251 e. The molecule has 1 N–H and O–H groups in total.